The second kappa shape index (κ2) is 8.07. The van der Waals surface area contributed by atoms with E-state index in [0.717, 1.165) is 25.9 Å². The molecule has 2 N–H and O–H groups in total. The highest BCUT2D eigenvalue weighted by atomic mass is 16.3. The third-order valence-corrected chi connectivity index (χ3v) is 3.60. The van der Waals surface area contributed by atoms with Gasteiger partial charge in [0.2, 0.25) is 5.43 Å². The lowest BCUT2D eigenvalue weighted by atomic mass is 10.2. The van der Waals surface area contributed by atoms with E-state index in [2.05, 4.69) is 18.7 Å². The van der Waals surface area contributed by atoms with E-state index in [4.69, 9.17) is 0 Å². The number of rotatable bonds is 8. The van der Waals surface area contributed by atoms with E-state index in [1.54, 1.807) is 0 Å². The zero-order valence-corrected chi connectivity index (χ0v) is 12.7. The second-order valence-electron chi connectivity index (χ2n) is 4.92. The van der Waals surface area contributed by atoms with Crippen molar-refractivity contribution in [3.8, 4) is 5.75 Å². The van der Waals surface area contributed by atoms with Crippen LogP contribution in [0.3, 0.4) is 0 Å². The number of aliphatic hydroxyl groups excluding tert-OH is 1. The molecule has 0 saturated heterocycles. The molecule has 1 heterocycles. The number of unbranched alkanes of at least 4 members (excludes halogenated alkanes) is 1. The quantitative estimate of drug-likeness (QED) is 0.761. The van der Waals surface area contributed by atoms with Gasteiger partial charge in [0.25, 0.3) is 0 Å². The van der Waals surface area contributed by atoms with E-state index in [9.17, 15) is 15.0 Å². The molecule has 0 aromatic carbocycles. The molecule has 1 rings (SSSR count). The first-order chi connectivity index (χ1) is 9.58. The van der Waals surface area contributed by atoms with Crippen molar-refractivity contribution in [2.75, 3.05) is 13.1 Å². The Labute approximate surface area is 120 Å². The Bertz CT molecular complexity index is 483. The van der Waals surface area contributed by atoms with Crippen molar-refractivity contribution in [1.29, 1.82) is 0 Å². The molecule has 0 bridgehead atoms. The number of aromatic nitrogens is 1. The first-order valence-corrected chi connectivity index (χ1v) is 7.36. The number of pyridine rings is 1. The van der Waals surface area contributed by atoms with Crippen LogP contribution in [0.4, 0.5) is 0 Å². The van der Waals surface area contributed by atoms with Crippen LogP contribution in [0.2, 0.25) is 0 Å². The molecule has 0 aliphatic heterocycles. The Morgan fingerprint density at radius 2 is 2.00 bits per heavy atom. The van der Waals surface area contributed by atoms with Gasteiger partial charge in [0.05, 0.1) is 12.3 Å². The van der Waals surface area contributed by atoms with Crippen molar-refractivity contribution >= 4 is 0 Å². The van der Waals surface area contributed by atoms with Gasteiger partial charge in [-0.2, -0.15) is 0 Å². The van der Waals surface area contributed by atoms with E-state index >= 15 is 0 Å². The Kier molecular flexibility index (Phi) is 6.75. The van der Waals surface area contributed by atoms with Gasteiger partial charge in [0, 0.05) is 24.8 Å². The van der Waals surface area contributed by atoms with Gasteiger partial charge in [-0.15, -0.1) is 0 Å². The summed E-state index contributed by atoms with van der Waals surface area (Å²) in [5.41, 5.74) is 0.735. The zero-order chi connectivity index (χ0) is 15.1. The van der Waals surface area contributed by atoms with Crippen LogP contribution in [-0.4, -0.2) is 32.8 Å². The summed E-state index contributed by atoms with van der Waals surface area (Å²) in [6.45, 7) is 8.89. The molecule has 0 radical (unpaired) electrons. The van der Waals surface area contributed by atoms with Crippen LogP contribution in [0, 0.1) is 0 Å². The maximum atomic E-state index is 11.8. The Hall–Kier alpha value is -1.33. The van der Waals surface area contributed by atoms with E-state index in [1.165, 1.54) is 6.07 Å². The van der Waals surface area contributed by atoms with Gasteiger partial charge in [-0.05, 0) is 26.4 Å². The van der Waals surface area contributed by atoms with Gasteiger partial charge >= 0.3 is 0 Å². The molecule has 20 heavy (non-hydrogen) atoms. The van der Waals surface area contributed by atoms with Gasteiger partial charge in [-0.1, -0.05) is 20.3 Å². The van der Waals surface area contributed by atoms with Crippen molar-refractivity contribution in [3.05, 3.63) is 27.7 Å². The zero-order valence-electron chi connectivity index (χ0n) is 12.7. The summed E-state index contributed by atoms with van der Waals surface area (Å²) in [6, 6.07) is 1.31. The minimum atomic E-state index is -0.416. The highest BCUT2D eigenvalue weighted by molar-refractivity contribution is 5.30. The molecule has 0 spiro atoms. The molecule has 0 amide bonds. The monoisotopic (exact) mass is 282 g/mol. The van der Waals surface area contributed by atoms with Crippen LogP contribution in [-0.2, 0) is 19.7 Å². The lowest BCUT2D eigenvalue weighted by Gasteiger charge is -2.24. The minimum absolute atomic E-state index is 0.195. The van der Waals surface area contributed by atoms with Crippen molar-refractivity contribution in [2.24, 2.45) is 0 Å². The van der Waals surface area contributed by atoms with Gasteiger partial charge in [-0.25, -0.2) is 0 Å². The Morgan fingerprint density at radius 3 is 2.50 bits per heavy atom. The van der Waals surface area contributed by atoms with Crippen LogP contribution in [0.15, 0.2) is 10.9 Å². The van der Waals surface area contributed by atoms with Crippen LogP contribution in [0.5, 0.6) is 5.75 Å². The average molecular weight is 282 g/mol. The van der Waals surface area contributed by atoms with Crippen molar-refractivity contribution in [1.82, 2.24) is 9.47 Å². The fourth-order valence-electron chi connectivity index (χ4n) is 2.37. The number of aliphatic hydroxyl groups is 1. The molecule has 0 fully saturated rings. The molecule has 1 aromatic heterocycles. The van der Waals surface area contributed by atoms with Gasteiger partial charge in [-0.3, -0.25) is 9.69 Å². The van der Waals surface area contributed by atoms with Crippen LogP contribution >= 0.6 is 0 Å². The normalized spacial score (nSPS) is 11.2. The molecule has 5 heteroatoms. The summed E-state index contributed by atoms with van der Waals surface area (Å²) < 4.78 is 1.82. The van der Waals surface area contributed by atoms with E-state index in [-0.39, 0.29) is 12.4 Å². The predicted octanol–water partition coefficient (Wildman–Crippen LogP) is 1.69. The summed E-state index contributed by atoms with van der Waals surface area (Å²) in [7, 11) is 0. The van der Waals surface area contributed by atoms with E-state index < -0.39 is 5.43 Å². The summed E-state index contributed by atoms with van der Waals surface area (Å²) in [5, 5.41) is 19.4. The largest absolute Gasteiger partial charge is 0.503 e. The van der Waals surface area contributed by atoms with Crippen LogP contribution in [0.1, 0.15) is 45.0 Å². The van der Waals surface area contributed by atoms with Gasteiger partial charge in [0.15, 0.2) is 5.75 Å². The second-order valence-corrected chi connectivity index (χ2v) is 4.92. The molecular formula is C15H26N2O3. The molecule has 114 valence electrons. The SMILES string of the molecule is CCCCN(CC)Cc1c(O)c(=O)cc(CO)n1CC. The number of aromatic hydroxyl groups is 1. The third kappa shape index (κ3) is 3.84. The summed E-state index contributed by atoms with van der Waals surface area (Å²) in [4.78, 5) is 14.0. The highest BCUT2D eigenvalue weighted by Crippen LogP contribution is 2.17. The molecular weight excluding hydrogens is 256 g/mol. The molecule has 0 aliphatic carbocycles. The van der Waals surface area contributed by atoms with Gasteiger partial charge in [0.1, 0.15) is 0 Å². The maximum absolute atomic E-state index is 11.8. The molecule has 0 saturated carbocycles. The predicted molar refractivity (Wildman–Crippen MR) is 79.8 cm³/mol. The van der Waals surface area contributed by atoms with Crippen LogP contribution < -0.4 is 5.43 Å². The summed E-state index contributed by atoms with van der Waals surface area (Å²) >= 11 is 0. The first kappa shape index (κ1) is 16.7. The third-order valence-electron chi connectivity index (χ3n) is 3.60. The number of hydrogen-bond acceptors (Lipinski definition) is 4. The van der Waals surface area contributed by atoms with Crippen molar-refractivity contribution in [2.45, 2.75) is 53.3 Å². The molecule has 0 unspecified atom stereocenters. The Morgan fingerprint density at radius 1 is 1.30 bits per heavy atom. The standard InChI is InChI=1S/C15H26N2O3/c1-4-7-8-16(5-2)10-13-15(20)14(19)9-12(11-18)17(13)6-3/h9,18,20H,4-8,10-11H2,1-3H3. The Balaban J connectivity index is 3.14. The lowest BCUT2D eigenvalue weighted by molar-refractivity contribution is 0.249. The molecule has 0 atom stereocenters. The lowest BCUT2D eigenvalue weighted by Crippen LogP contribution is -2.28. The fraction of sp³-hybridized carbons (Fsp3) is 0.667. The molecule has 5 nitrogen and oxygen atoms in total. The highest BCUT2D eigenvalue weighted by Gasteiger charge is 2.16. The van der Waals surface area contributed by atoms with Crippen molar-refractivity contribution < 1.29 is 10.2 Å². The maximum Gasteiger partial charge on any atom is 0.223 e. The van der Waals surface area contributed by atoms with Crippen molar-refractivity contribution in [3.63, 3.8) is 0 Å². The van der Waals surface area contributed by atoms with Gasteiger partial charge < -0.3 is 14.8 Å². The minimum Gasteiger partial charge on any atom is -0.503 e. The smallest absolute Gasteiger partial charge is 0.223 e. The molecule has 1 aromatic rings. The summed E-state index contributed by atoms with van der Waals surface area (Å²) in [5.74, 6) is -0.195. The summed E-state index contributed by atoms with van der Waals surface area (Å²) in [6.07, 6.45) is 2.20. The number of nitrogens with zero attached hydrogens (tertiary/aromatic N) is 2. The van der Waals surface area contributed by atoms with Crippen LogP contribution in [0.25, 0.3) is 0 Å². The van der Waals surface area contributed by atoms with E-state index in [1.807, 2.05) is 11.5 Å². The number of hydrogen-bond donors (Lipinski definition) is 2. The van der Waals surface area contributed by atoms with E-state index in [0.29, 0.717) is 24.5 Å². The first-order valence-electron chi connectivity index (χ1n) is 7.36. The average Bonchev–Trinajstić information content (AvgIpc) is 2.47. The molecule has 0 aliphatic rings. The fourth-order valence-corrected chi connectivity index (χ4v) is 2.37. The topological polar surface area (TPSA) is 65.7 Å².